The number of carbonyl (C=O) groups excluding carboxylic acids is 1. The largest absolute Gasteiger partial charge is 0.318 e. The molecule has 0 spiro atoms. The van der Waals surface area contributed by atoms with Gasteiger partial charge in [0.2, 0.25) is 0 Å². The van der Waals surface area contributed by atoms with Crippen molar-refractivity contribution in [2.24, 2.45) is 5.10 Å². The van der Waals surface area contributed by atoms with Crippen molar-refractivity contribution >= 4 is 35.1 Å². The standard InChI is InChI=1S/C18H16ClN3OS/c1-12-6-7-13(2)22(12)15-5-3-4-14(10-15)18(23)21-20-11-16-8-9-17(19)24-16/h3-11H,1-2H3,(H,21,23)/b20-11-. The molecule has 0 radical (unpaired) electrons. The van der Waals surface area contributed by atoms with Crippen molar-refractivity contribution < 1.29 is 4.79 Å². The van der Waals surface area contributed by atoms with Gasteiger partial charge in [0.25, 0.3) is 5.91 Å². The lowest BCUT2D eigenvalue weighted by molar-refractivity contribution is 0.0955. The maximum atomic E-state index is 12.3. The highest BCUT2D eigenvalue weighted by atomic mass is 35.5. The van der Waals surface area contributed by atoms with Crippen molar-refractivity contribution in [3.05, 3.63) is 74.7 Å². The third-order valence-corrected chi connectivity index (χ3v) is 4.76. The molecule has 0 saturated carbocycles. The topological polar surface area (TPSA) is 46.4 Å². The van der Waals surface area contributed by atoms with Crippen molar-refractivity contribution in [1.29, 1.82) is 0 Å². The van der Waals surface area contributed by atoms with Gasteiger partial charge in [-0.3, -0.25) is 4.79 Å². The van der Waals surface area contributed by atoms with Gasteiger partial charge in [-0.25, -0.2) is 5.43 Å². The van der Waals surface area contributed by atoms with Crippen LogP contribution in [0.4, 0.5) is 0 Å². The van der Waals surface area contributed by atoms with E-state index in [1.54, 1.807) is 18.3 Å². The van der Waals surface area contributed by atoms with Gasteiger partial charge in [-0.05, 0) is 56.3 Å². The number of thiophene rings is 1. The van der Waals surface area contributed by atoms with Gasteiger partial charge in [0.15, 0.2) is 0 Å². The molecule has 0 fully saturated rings. The Morgan fingerprint density at radius 2 is 1.92 bits per heavy atom. The van der Waals surface area contributed by atoms with Gasteiger partial charge in [0, 0.05) is 27.5 Å². The normalized spacial score (nSPS) is 11.1. The number of hydrogen-bond donors (Lipinski definition) is 1. The average molecular weight is 358 g/mol. The third kappa shape index (κ3) is 3.58. The number of aromatic nitrogens is 1. The third-order valence-electron chi connectivity index (χ3n) is 3.59. The van der Waals surface area contributed by atoms with Gasteiger partial charge in [0.05, 0.1) is 10.6 Å². The molecular formula is C18H16ClN3OS. The number of rotatable bonds is 4. The van der Waals surface area contributed by atoms with Gasteiger partial charge >= 0.3 is 0 Å². The van der Waals surface area contributed by atoms with Crippen LogP contribution in [0.25, 0.3) is 5.69 Å². The van der Waals surface area contributed by atoms with Crippen LogP contribution in [-0.4, -0.2) is 16.7 Å². The molecule has 0 saturated heterocycles. The highest BCUT2D eigenvalue weighted by molar-refractivity contribution is 7.17. The van der Waals surface area contributed by atoms with E-state index in [0.717, 1.165) is 22.0 Å². The van der Waals surface area contributed by atoms with Crippen LogP contribution in [0.2, 0.25) is 4.34 Å². The summed E-state index contributed by atoms with van der Waals surface area (Å²) in [5.41, 5.74) is 6.30. The van der Waals surface area contributed by atoms with Crippen molar-refractivity contribution in [2.75, 3.05) is 0 Å². The molecule has 1 aromatic carbocycles. The Hall–Kier alpha value is -2.37. The summed E-state index contributed by atoms with van der Waals surface area (Å²) in [5, 5.41) is 3.98. The highest BCUT2D eigenvalue weighted by Crippen LogP contribution is 2.20. The summed E-state index contributed by atoms with van der Waals surface area (Å²) >= 11 is 7.26. The van der Waals surface area contributed by atoms with Crippen molar-refractivity contribution in [3.8, 4) is 5.69 Å². The first-order valence-electron chi connectivity index (χ1n) is 7.39. The molecule has 0 aliphatic carbocycles. The summed E-state index contributed by atoms with van der Waals surface area (Å²) in [5.74, 6) is -0.252. The molecule has 2 heterocycles. The van der Waals surface area contributed by atoms with E-state index in [1.165, 1.54) is 11.3 Å². The van der Waals surface area contributed by atoms with Gasteiger partial charge in [-0.2, -0.15) is 5.10 Å². The molecule has 0 unspecified atom stereocenters. The minimum atomic E-state index is -0.252. The second-order valence-electron chi connectivity index (χ2n) is 5.34. The van der Waals surface area contributed by atoms with Crippen molar-refractivity contribution in [1.82, 2.24) is 9.99 Å². The fourth-order valence-electron chi connectivity index (χ4n) is 2.48. The maximum Gasteiger partial charge on any atom is 0.271 e. The zero-order chi connectivity index (χ0) is 17.1. The quantitative estimate of drug-likeness (QED) is 0.539. The summed E-state index contributed by atoms with van der Waals surface area (Å²) in [6, 6.07) is 15.2. The molecule has 1 N–H and O–H groups in total. The molecule has 1 amide bonds. The van der Waals surface area contributed by atoms with Crippen LogP contribution < -0.4 is 5.43 Å². The van der Waals surface area contributed by atoms with Gasteiger partial charge in [-0.1, -0.05) is 17.7 Å². The Bertz CT molecular complexity index is 891. The number of nitrogens with zero attached hydrogens (tertiary/aromatic N) is 2. The molecule has 2 aromatic heterocycles. The van der Waals surface area contributed by atoms with E-state index in [-0.39, 0.29) is 5.91 Å². The van der Waals surface area contributed by atoms with Crippen LogP contribution >= 0.6 is 22.9 Å². The lowest BCUT2D eigenvalue weighted by Crippen LogP contribution is -2.17. The molecule has 0 bridgehead atoms. The summed E-state index contributed by atoms with van der Waals surface area (Å²) in [6.45, 7) is 4.08. The van der Waals surface area contributed by atoms with Gasteiger partial charge in [0.1, 0.15) is 0 Å². The first-order chi connectivity index (χ1) is 11.5. The monoisotopic (exact) mass is 357 g/mol. The van der Waals surface area contributed by atoms with Crippen LogP contribution in [0.3, 0.4) is 0 Å². The zero-order valence-corrected chi connectivity index (χ0v) is 14.9. The second-order valence-corrected chi connectivity index (χ2v) is 7.09. The first-order valence-corrected chi connectivity index (χ1v) is 8.58. The molecule has 3 aromatic rings. The number of carbonyl (C=O) groups is 1. The van der Waals surface area contributed by atoms with Gasteiger partial charge < -0.3 is 4.57 Å². The predicted molar refractivity (Wildman–Crippen MR) is 99.6 cm³/mol. The average Bonchev–Trinajstić information content (AvgIpc) is 3.13. The Kier molecular flexibility index (Phi) is 4.83. The number of aryl methyl sites for hydroxylation is 2. The second kappa shape index (κ2) is 7.03. The van der Waals surface area contributed by atoms with Crippen LogP contribution in [0.5, 0.6) is 0 Å². The summed E-state index contributed by atoms with van der Waals surface area (Å²) in [6.07, 6.45) is 1.58. The Morgan fingerprint density at radius 1 is 1.17 bits per heavy atom. The molecule has 0 atom stereocenters. The number of hydrazone groups is 1. The molecule has 24 heavy (non-hydrogen) atoms. The molecule has 4 nitrogen and oxygen atoms in total. The van der Waals surface area contributed by atoms with E-state index in [0.29, 0.717) is 9.90 Å². The Labute approximate surface area is 149 Å². The van der Waals surface area contributed by atoms with Crippen LogP contribution in [0.15, 0.2) is 53.6 Å². The van der Waals surface area contributed by atoms with E-state index in [1.807, 2.05) is 38.1 Å². The van der Waals surface area contributed by atoms with Crippen molar-refractivity contribution in [3.63, 3.8) is 0 Å². The van der Waals surface area contributed by atoms with Gasteiger partial charge in [-0.15, -0.1) is 11.3 Å². The Balaban J connectivity index is 1.76. The number of halogens is 1. The number of amides is 1. The Morgan fingerprint density at radius 3 is 2.58 bits per heavy atom. The smallest absolute Gasteiger partial charge is 0.271 e. The van der Waals surface area contributed by atoms with Crippen LogP contribution in [-0.2, 0) is 0 Å². The fourth-order valence-corrected chi connectivity index (χ4v) is 3.41. The SMILES string of the molecule is Cc1ccc(C)n1-c1cccc(C(=O)N/N=C\c2ccc(Cl)s2)c1. The molecular weight excluding hydrogens is 342 g/mol. The fraction of sp³-hybridized carbons (Fsp3) is 0.111. The number of nitrogens with one attached hydrogen (secondary N) is 1. The molecule has 3 rings (SSSR count). The van der Waals surface area contributed by atoms with E-state index in [9.17, 15) is 4.79 Å². The summed E-state index contributed by atoms with van der Waals surface area (Å²) < 4.78 is 2.79. The van der Waals surface area contributed by atoms with Crippen LogP contribution in [0, 0.1) is 13.8 Å². The number of hydrogen-bond acceptors (Lipinski definition) is 3. The molecule has 0 aliphatic heterocycles. The zero-order valence-electron chi connectivity index (χ0n) is 13.3. The maximum absolute atomic E-state index is 12.3. The summed E-state index contributed by atoms with van der Waals surface area (Å²) in [4.78, 5) is 13.2. The molecule has 0 aliphatic rings. The first kappa shape index (κ1) is 16.5. The van der Waals surface area contributed by atoms with Crippen LogP contribution in [0.1, 0.15) is 26.6 Å². The predicted octanol–water partition coefficient (Wildman–Crippen LogP) is 4.57. The van der Waals surface area contributed by atoms with E-state index >= 15 is 0 Å². The lowest BCUT2D eigenvalue weighted by atomic mass is 10.2. The minimum absolute atomic E-state index is 0.252. The van der Waals surface area contributed by atoms with E-state index in [4.69, 9.17) is 11.6 Å². The molecule has 6 heteroatoms. The number of benzene rings is 1. The van der Waals surface area contributed by atoms with E-state index in [2.05, 4.69) is 27.2 Å². The van der Waals surface area contributed by atoms with Crippen molar-refractivity contribution in [2.45, 2.75) is 13.8 Å². The highest BCUT2D eigenvalue weighted by Gasteiger charge is 2.08. The lowest BCUT2D eigenvalue weighted by Gasteiger charge is -2.10. The van der Waals surface area contributed by atoms with E-state index < -0.39 is 0 Å². The molecule has 122 valence electrons. The minimum Gasteiger partial charge on any atom is -0.318 e. The summed E-state index contributed by atoms with van der Waals surface area (Å²) in [7, 11) is 0.